The minimum atomic E-state index is -3.93. The molecule has 1 aliphatic heterocycles. The highest BCUT2D eigenvalue weighted by molar-refractivity contribution is 7.92. The first-order chi connectivity index (χ1) is 16.1. The molecule has 0 bridgehead atoms. The van der Waals surface area contributed by atoms with Crippen molar-refractivity contribution < 1.29 is 8.42 Å². The lowest BCUT2D eigenvalue weighted by Crippen LogP contribution is -2.39. The maximum Gasteiger partial charge on any atom is 0.280 e. The van der Waals surface area contributed by atoms with Gasteiger partial charge in [-0.3, -0.25) is 4.72 Å². The van der Waals surface area contributed by atoms with E-state index in [1.165, 1.54) is 6.07 Å². The maximum atomic E-state index is 13.2. The second kappa shape index (κ2) is 9.55. The SMILES string of the molecule is CCC1(C)CCN(c2cccc(S(=O)(=O)Nc3ccc(Cl)c(-c4c(C)cccc4C)n3)n2)CC1. The summed E-state index contributed by atoms with van der Waals surface area (Å²) in [7, 11) is -3.93. The third-order valence-corrected chi connectivity index (χ3v) is 8.50. The van der Waals surface area contributed by atoms with Crippen molar-refractivity contribution in [2.45, 2.75) is 52.0 Å². The lowest BCUT2D eigenvalue weighted by molar-refractivity contribution is 0.237. The number of aromatic nitrogens is 2. The molecule has 34 heavy (non-hydrogen) atoms. The molecule has 0 atom stereocenters. The van der Waals surface area contributed by atoms with Crippen molar-refractivity contribution in [2.24, 2.45) is 5.41 Å². The van der Waals surface area contributed by atoms with Gasteiger partial charge < -0.3 is 4.90 Å². The summed E-state index contributed by atoms with van der Waals surface area (Å²) in [5, 5.41) is 0.434. The van der Waals surface area contributed by atoms with Crippen LogP contribution in [0.3, 0.4) is 0 Å². The summed E-state index contributed by atoms with van der Waals surface area (Å²) in [5.74, 6) is 0.882. The van der Waals surface area contributed by atoms with Crippen LogP contribution in [0, 0.1) is 19.3 Å². The zero-order valence-electron chi connectivity index (χ0n) is 20.1. The van der Waals surface area contributed by atoms with Crippen LogP contribution in [0.5, 0.6) is 0 Å². The first-order valence-electron chi connectivity index (χ1n) is 11.6. The molecule has 0 saturated carbocycles. The van der Waals surface area contributed by atoms with Gasteiger partial charge in [-0.05, 0) is 67.5 Å². The normalized spacial score (nSPS) is 15.9. The monoisotopic (exact) mass is 498 g/mol. The highest BCUT2D eigenvalue weighted by atomic mass is 35.5. The van der Waals surface area contributed by atoms with Gasteiger partial charge in [-0.1, -0.05) is 56.1 Å². The minimum Gasteiger partial charge on any atom is -0.357 e. The molecule has 2 aromatic heterocycles. The van der Waals surface area contributed by atoms with E-state index in [9.17, 15) is 8.42 Å². The van der Waals surface area contributed by atoms with Gasteiger partial charge in [0.25, 0.3) is 10.0 Å². The third-order valence-electron chi connectivity index (χ3n) is 6.94. The van der Waals surface area contributed by atoms with Crippen LogP contribution < -0.4 is 9.62 Å². The van der Waals surface area contributed by atoms with E-state index in [-0.39, 0.29) is 10.8 Å². The van der Waals surface area contributed by atoms with Crippen molar-refractivity contribution in [3.63, 3.8) is 0 Å². The molecule has 8 heteroatoms. The van der Waals surface area contributed by atoms with E-state index in [0.29, 0.717) is 21.9 Å². The summed E-state index contributed by atoms with van der Waals surface area (Å²) >= 11 is 6.44. The van der Waals surface area contributed by atoms with E-state index in [4.69, 9.17) is 11.6 Å². The average Bonchev–Trinajstić information content (AvgIpc) is 2.81. The number of nitrogens with one attached hydrogen (secondary N) is 1. The lowest BCUT2D eigenvalue weighted by atomic mass is 9.78. The van der Waals surface area contributed by atoms with E-state index in [2.05, 4.69) is 33.4 Å². The average molecular weight is 499 g/mol. The number of piperidine rings is 1. The summed E-state index contributed by atoms with van der Waals surface area (Å²) in [6, 6.07) is 14.3. The lowest BCUT2D eigenvalue weighted by Gasteiger charge is -2.39. The molecule has 3 heterocycles. The Hall–Kier alpha value is -2.64. The first kappa shape index (κ1) is 24.5. The molecular weight excluding hydrogens is 468 g/mol. The predicted molar refractivity (Wildman–Crippen MR) is 139 cm³/mol. The summed E-state index contributed by atoms with van der Waals surface area (Å²) in [6.45, 7) is 10.2. The van der Waals surface area contributed by atoms with Crippen molar-refractivity contribution >= 4 is 33.3 Å². The van der Waals surface area contributed by atoms with Gasteiger partial charge in [-0.15, -0.1) is 0 Å². The molecule has 6 nitrogen and oxygen atoms in total. The second-order valence-electron chi connectivity index (χ2n) is 9.38. The topological polar surface area (TPSA) is 75.2 Å². The van der Waals surface area contributed by atoms with Gasteiger partial charge in [0.05, 0.1) is 10.7 Å². The molecule has 0 aliphatic carbocycles. The van der Waals surface area contributed by atoms with Crippen LogP contribution in [0.25, 0.3) is 11.3 Å². The van der Waals surface area contributed by atoms with E-state index in [0.717, 1.165) is 49.0 Å². The zero-order chi connectivity index (χ0) is 24.5. The van der Waals surface area contributed by atoms with Crippen LogP contribution in [0.15, 0.2) is 53.6 Å². The van der Waals surface area contributed by atoms with Crippen molar-refractivity contribution in [3.05, 3.63) is 64.7 Å². The van der Waals surface area contributed by atoms with Gasteiger partial charge in [0.1, 0.15) is 11.6 Å². The van der Waals surface area contributed by atoms with Gasteiger partial charge in [0, 0.05) is 18.7 Å². The molecule has 1 saturated heterocycles. The van der Waals surface area contributed by atoms with E-state index in [1.54, 1.807) is 18.2 Å². The fraction of sp³-hybridized carbons (Fsp3) is 0.385. The molecule has 1 N–H and O–H groups in total. The van der Waals surface area contributed by atoms with Gasteiger partial charge in [0.15, 0.2) is 5.03 Å². The highest BCUT2D eigenvalue weighted by Gasteiger charge is 2.29. The smallest absolute Gasteiger partial charge is 0.280 e. The van der Waals surface area contributed by atoms with Crippen molar-refractivity contribution in [1.82, 2.24) is 9.97 Å². The molecule has 1 fully saturated rings. The van der Waals surface area contributed by atoms with Gasteiger partial charge in [-0.25, -0.2) is 9.97 Å². The Bertz CT molecular complexity index is 1280. The number of hydrogen-bond acceptors (Lipinski definition) is 5. The van der Waals surface area contributed by atoms with E-state index >= 15 is 0 Å². The molecule has 1 aliphatic rings. The Morgan fingerprint density at radius 2 is 1.65 bits per heavy atom. The van der Waals surface area contributed by atoms with Crippen LogP contribution in [-0.2, 0) is 10.0 Å². The number of aryl methyl sites for hydroxylation is 2. The quantitative estimate of drug-likeness (QED) is 0.436. The first-order valence-corrected chi connectivity index (χ1v) is 13.5. The van der Waals surface area contributed by atoms with Crippen molar-refractivity contribution in [2.75, 3.05) is 22.7 Å². The summed E-state index contributed by atoms with van der Waals surface area (Å²) < 4.78 is 29.0. The third kappa shape index (κ3) is 5.05. The number of rotatable bonds is 6. The number of sulfonamides is 1. The summed E-state index contributed by atoms with van der Waals surface area (Å²) in [6.07, 6.45) is 3.27. The zero-order valence-corrected chi connectivity index (χ0v) is 21.7. The number of pyridine rings is 2. The van der Waals surface area contributed by atoms with Gasteiger partial charge >= 0.3 is 0 Å². The summed E-state index contributed by atoms with van der Waals surface area (Å²) in [5.41, 5.74) is 3.83. The molecule has 1 aromatic carbocycles. The van der Waals surface area contributed by atoms with Crippen LogP contribution in [-0.4, -0.2) is 31.5 Å². The Kier molecular flexibility index (Phi) is 6.87. The molecule has 3 aromatic rings. The Morgan fingerprint density at radius 3 is 2.29 bits per heavy atom. The Morgan fingerprint density at radius 1 is 1.00 bits per heavy atom. The van der Waals surface area contributed by atoms with Gasteiger partial charge in [0.2, 0.25) is 0 Å². The number of halogens is 1. The Balaban J connectivity index is 1.59. The van der Waals surface area contributed by atoms with Crippen molar-refractivity contribution in [3.8, 4) is 11.3 Å². The number of nitrogens with zero attached hydrogens (tertiary/aromatic N) is 3. The molecule has 0 amide bonds. The molecule has 0 radical (unpaired) electrons. The standard InChI is InChI=1S/C26H31ClN4O2S/c1-5-26(4)14-16-31(17-15-26)22-10-7-11-23(29-22)34(32,33)30-21-13-12-20(27)25(28-21)24-18(2)8-6-9-19(24)3/h6-13H,5,14-17H2,1-4H3,(H,28,30). The van der Waals surface area contributed by atoms with E-state index < -0.39 is 10.0 Å². The molecule has 4 rings (SSSR count). The number of anilines is 2. The molecule has 180 valence electrons. The Labute approximate surface area is 207 Å². The fourth-order valence-corrected chi connectivity index (χ4v) is 5.58. The second-order valence-corrected chi connectivity index (χ2v) is 11.4. The van der Waals surface area contributed by atoms with Gasteiger partial charge in [-0.2, -0.15) is 8.42 Å². The van der Waals surface area contributed by atoms with E-state index in [1.807, 2.05) is 38.1 Å². The highest BCUT2D eigenvalue weighted by Crippen LogP contribution is 2.36. The van der Waals surface area contributed by atoms with Crippen LogP contribution >= 0.6 is 11.6 Å². The van der Waals surface area contributed by atoms with Crippen LogP contribution in [0.4, 0.5) is 11.6 Å². The maximum absolute atomic E-state index is 13.2. The summed E-state index contributed by atoms with van der Waals surface area (Å²) in [4.78, 5) is 11.2. The number of benzene rings is 1. The predicted octanol–water partition coefficient (Wildman–Crippen LogP) is 6.23. The number of hydrogen-bond donors (Lipinski definition) is 1. The van der Waals surface area contributed by atoms with Crippen LogP contribution in [0.1, 0.15) is 44.2 Å². The van der Waals surface area contributed by atoms with Crippen LogP contribution in [0.2, 0.25) is 5.02 Å². The van der Waals surface area contributed by atoms with Crippen molar-refractivity contribution in [1.29, 1.82) is 0 Å². The molecule has 0 spiro atoms. The fourth-order valence-electron chi connectivity index (χ4n) is 4.41. The molecule has 0 unspecified atom stereocenters. The molecular formula is C26H31ClN4O2S. The minimum absolute atomic E-state index is 0.0285. The largest absolute Gasteiger partial charge is 0.357 e.